The van der Waals surface area contributed by atoms with Crippen LogP contribution < -0.4 is 26.0 Å². The van der Waals surface area contributed by atoms with Gasteiger partial charge in [0, 0.05) is 22.9 Å². The summed E-state index contributed by atoms with van der Waals surface area (Å²) in [5.41, 5.74) is 12.5. The van der Waals surface area contributed by atoms with Crippen molar-refractivity contribution in [2.24, 2.45) is 0 Å². The number of hydrogen-bond donors (Lipinski definition) is 0. The minimum Gasteiger partial charge on any atom is -0.438 e. The van der Waals surface area contributed by atoms with Crippen LogP contribution in [-0.4, -0.2) is 21.7 Å². The third-order valence-corrected chi connectivity index (χ3v) is 10.2. The molecule has 0 unspecified atom stereocenters. The molecule has 218 valence electrons. The first-order valence-electron chi connectivity index (χ1n) is 16.1. The molecule has 3 aromatic heterocycles. The predicted molar refractivity (Wildman–Crippen MR) is 192 cm³/mol. The lowest BCUT2D eigenvalue weighted by molar-refractivity contribution is 0.466. The second-order valence-electron chi connectivity index (χ2n) is 12.8. The highest BCUT2D eigenvalue weighted by Gasteiger charge is 2.43. The zero-order valence-corrected chi connectivity index (χ0v) is 25.3. The predicted octanol–water partition coefficient (Wildman–Crippen LogP) is 7.39. The molecule has 0 saturated carbocycles. The van der Waals surface area contributed by atoms with Crippen molar-refractivity contribution in [1.82, 2.24) is 15.0 Å². The summed E-state index contributed by atoms with van der Waals surface area (Å²) in [6.45, 7) is -0.0817. The van der Waals surface area contributed by atoms with Crippen molar-refractivity contribution in [1.29, 1.82) is 0 Å². The number of rotatable bonds is 2. The number of allylic oxidation sites excluding steroid dienone is 2. The Bertz CT molecular complexity index is 2590. The highest BCUT2D eigenvalue weighted by Crippen LogP contribution is 2.42. The minimum absolute atomic E-state index is 0.0817. The number of fused-ring (bicyclic) bond motifs is 4. The molecule has 6 heteroatoms. The normalized spacial score (nSPS) is 14.6. The van der Waals surface area contributed by atoms with Crippen molar-refractivity contribution in [2.75, 3.05) is 4.90 Å². The molecule has 47 heavy (non-hydrogen) atoms. The molecule has 0 N–H and O–H groups in total. The van der Waals surface area contributed by atoms with Crippen LogP contribution in [0.1, 0.15) is 22.3 Å². The van der Waals surface area contributed by atoms with E-state index in [-0.39, 0.29) is 6.71 Å². The Balaban J connectivity index is 1.08. The van der Waals surface area contributed by atoms with Crippen molar-refractivity contribution in [3.63, 3.8) is 0 Å². The topological polar surface area (TPSA) is 51.1 Å². The lowest BCUT2D eigenvalue weighted by Gasteiger charge is -2.38. The van der Waals surface area contributed by atoms with Crippen molar-refractivity contribution in [3.8, 4) is 22.9 Å². The van der Waals surface area contributed by atoms with Gasteiger partial charge in [0.25, 0.3) is 6.71 Å². The average molecular weight is 600 g/mol. The van der Waals surface area contributed by atoms with Gasteiger partial charge in [0.2, 0.25) is 5.88 Å². The van der Waals surface area contributed by atoms with Gasteiger partial charge in [-0.25, -0.2) is 9.97 Å². The minimum atomic E-state index is -0.0817. The molecule has 0 spiro atoms. The van der Waals surface area contributed by atoms with Crippen LogP contribution >= 0.6 is 0 Å². The van der Waals surface area contributed by atoms with E-state index in [4.69, 9.17) is 19.7 Å². The molecule has 4 aliphatic rings. The van der Waals surface area contributed by atoms with Gasteiger partial charge in [0.05, 0.1) is 23.8 Å². The Morgan fingerprint density at radius 3 is 2.34 bits per heavy atom. The van der Waals surface area contributed by atoms with Crippen molar-refractivity contribution >= 4 is 74.0 Å². The Kier molecular flexibility index (Phi) is 4.97. The Morgan fingerprint density at radius 1 is 0.723 bits per heavy atom. The molecule has 4 aromatic carbocycles. The highest BCUT2D eigenvalue weighted by molar-refractivity contribution is 6.99. The molecule has 0 saturated heterocycles. The Labute approximate surface area is 271 Å². The van der Waals surface area contributed by atoms with Gasteiger partial charge in [0.15, 0.2) is 0 Å². The summed E-state index contributed by atoms with van der Waals surface area (Å²) in [5, 5.41) is 5.13. The van der Waals surface area contributed by atoms with E-state index in [0.29, 0.717) is 5.88 Å². The molecule has 2 aliphatic carbocycles. The lowest BCUT2D eigenvalue weighted by atomic mass is 9.35. The maximum absolute atomic E-state index is 6.65. The zero-order chi connectivity index (χ0) is 30.6. The summed E-state index contributed by atoms with van der Waals surface area (Å²) < 4.78 is 6.65. The summed E-state index contributed by atoms with van der Waals surface area (Å²) in [6.07, 6.45) is 16.6. The van der Waals surface area contributed by atoms with E-state index < -0.39 is 0 Å². The first kappa shape index (κ1) is 25.2. The number of anilines is 3. The molecule has 2 aliphatic heterocycles. The largest absolute Gasteiger partial charge is 0.438 e. The Morgan fingerprint density at radius 2 is 1.51 bits per heavy atom. The summed E-state index contributed by atoms with van der Waals surface area (Å²) in [4.78, 5) is 17.1. The van der Waals surface area contributed by atoms with Gasteiger partial charge in [-0.3, -0.25) is 9.88 Å². The summed E-state index contributed by atoms with van der Waals surface area (Å²) in [6, 6.07) is 30.8. The van der Waals surface area contributed by atoms with Crippen LogP contribution in [0.4, 0.5) is 17.2 Å². The number of aromatic nitrogens is 3. The van der Waals surface area contributed by atoms with Gasteiger partial charge in [-0.2, -0.15) is 0 Å². The fourth-order valence-electron chi connectivity index (χ4n) is 8.26. The fourth-order valence-corrected chi connectivity index (χ4v) is 8.26. The molecule has 11 rings (SSSR count). The SMILES string of the molecule is C1=Cc2cc(-c3ccc4c(n3)Oc3cncc5c3B4c3cccnc3N5c3cc4c5c(cccc5c3)CC=C4)cc3cccc(c23)C1. The summed E-state index contributed by atoms with van der Waals surface area (Å²) in [7, 11) is 0. The van der Waals surface area contributed by atoms with Crippen LogP contribution in [0.5, 0.6) is 11.6 Å². The van der Waals surface area contributed by atoms with Crippen molar-refractivity contribution in [2.45, 2.75) is 12.8 Å². The maximum Gasteiger partial charge on any atom is 0.260 e. The average Bonchev–Trinajstić information content (AvgIpc) is 3.11. The lowest BCUT2D eigenvalue weighted by Crippen LogP contribution is -2.60. The second-order valence-corrected chi connectivity index (χ2v) is 12.8. The monoisotopic (exact) mass is 600 g/mol. The van der Waals surface area contributed by atoms with E-state index in [1.54, 1.807) is 0 Å². The molecule has 5 nitrogen and oxygen atoms in total. The summed E-state index contributed by atoms with van der Waals surface area (Å²) in [5.74, 6) is 2.25. The maximum atomic E-state index is 6.65. The first-order valence-corrected chi connectivity index (χ1v) is 16.1. The zero-order valence-electron chi connectivity index (χ0n) is 25.3. The Hall–Kier alpha value is -6.01. The van der Waals surface area contributed by atoms with E-state index in [1.807, 2.05) is 24.7 Å². The van der Waals surface area contributed by atoms with Gasteiger partial charge in [-0.1, -0.05) is 72.8 Å². The standard InChI is InChI=1S/C41H25BN4O/c1-6-24-7-2-11-27-19-30(18-26(10-1)37(24)27)34-16-15-33-41(45-34)47-36-23-43-22-35-39(36)42(33)32-14-5-17-44-40(32)46(35)31-20-28-12-3-8-25-9-4-13-29(21-31)38(25)28/h1-6,8,10-23H,7,9H2. The van der Waals surface area contributed by atoms with Crippen LogP contribution in [0.2, 0.25) is 0 Å². The molecular formula is C41H25BN4O. The number of hydrogen-bond acceptors (Lipinski definition) is 5. The number of pyridine rings is 3. The van der Waals surface area contributed by atoms with E-state index in [1.165, 1.54) is 43.8 Å². The van der Waals surface area contributed by atoms with E-state index >= 15 is 0 Å². The smallest absolute Gasteiger partial charge is 0.260 e. The van der Waals surface area contributed by atoms with Crippen LogP contribution in [0.25, 0.3) is 45.0 Å². The first-order chi connectivity index (χ1) is 23.3. The van der Waals surface area contributed by atoms with Crippen LogP contribution in [0.3, 0.4) is 0 Å². The molecular weight excluding hydrogens is 575 g/mol. The van der Waals surface area contributed by atoms with Gasteiger partial charge >= 0.3 is 0 Å². The van der Waals surface area contributed by atoms with Gasteiger partial charge in [-0.15, -0.1) is 0 Å². The van der Waals surface area contributed by atoms with Crippen LogP contribution in [-0.2, 0) is 12.8 Å². The molecule has 0 radical (unpaired) electrons. The molecule has 0 bridgehead atoms. The number of benzene rings is 4. The summed E-state index contributed by atoms with van der Waals surface area (Å²) >= 11 is 0. The molecule has 7 aromatic rings. The van der Waals surface area contributed by atoms with Crippen LogP contribution in [0, 0.1) is 0 Å². The third kappa shape index (κ3) is 3.52. The van der Waals surface area contributed by atoms with Gasteiger partial charge in [0.1, 0.15) is 11.6 Å². The quantitative estimate of drug-likeness (QED) is 0.194. The third-order valence-electron chi connectivity index (χ3n) is 10.2. The van der Waals surface area contributed by atoms with Gasteiger partial charge < -0.3 is 4.74 Å². The molecule has 0 fully saturated rings. The molecule has 0 amide bonds. The van der Waals surface area contributed by atoms with E-state index in [2.05, 4.69) is 108 Å². The molecule has 0 atom stereocenters. The highest BCUT2D eigenvalue weighted by atomic mass is 16.5. The second kappa shape index (κ2) is 9.27. The fraction of sp³-hybridized carbons (Fsp3) is 0.0488. The van der Waals surface area contributed by atoms with Crippen LogP contribution in [0.15, 0.2) is 116 Å². The van der Waals surface area contributed by atoms with Crippen molar-refractivity contribution < 1.29 is 4.74 Å². The van der Waals surface area contributed by atoms with Gasteiger partial charge in [-0.05, 0) is 104 Å². The molecule has 5 heterocycles. The van der Waals surface area contributed by atoms with E-state index in [9.17, 15) is 0 Å². The number of ether oxygens (including phenoxy) is 1. The number of nitrogens with zero attached hydrogens (tertiary/aromatic N) is 4. The van der Waals surface area contributed by atoms with Crippen molar-refractivity contribution in [3.05, 3.63) is 138 Å². The van der Waals surface area contributed by atoms with E-state index in [0.717, 1.165) is 63.4 Å².